The van der Waals surface area contributed by atoms with Gasteiger partial charge in [0, 0.05) is 36.8 Å². The molecule has 1 fully saturated rings. The number of alkyl halides is 3. The van der Waals surface area contributed by atoms with Gasteiger partial charge in [0.25, 0.3) is 0 Å². The number of carbonyl (C=O) groups is 1. The molecule has 3 aromatic rings. The summed E-state index contributed by atoms with van der Waals surface area (Å²) in [5.41, 5.74) is 3.85. The van der Waals surface area contributed by atoms with E-state index in [-0.39, 0.29) is 18.1 Å². The van der Waals surface area contributed by atoms with Gasteiger partial charge in [-0.25, -0.2) is 0 Å². The van der Waals surface area contributed by atoms with E-state index in [1.165, 1.54) is 6.07 Å². The summed E-state index contributed by atoms with van der Waals surface area (Å²) >= 11 is 0. The largest absolute Gasteiger partial charge is 0.489 e. The highest BCUT2D eigenvalue weighted by Crippen LogP contribution is 2.40. The van der Waals surface area contributed by atoms with Crippen LogP contribution in [0.15, 0.2) is 72.3 Å². The molecule has 1 saturated heterocycles. The van der Waals surface area contributed by atoms with E-state index in [2.05, 4.69) is 4.90 Å². The normalized spacial score (nSPS) is 16.1. The van der Waals surface area contributed by atoms with Crippen molar-refractivity contribution in [3.63, 3.8) is 0 Å². The maximum Gasteiger partial charge on any atom is 0.416 e. The second-order valence-corrected chi connectivity index (χ2v) is 9.47. The van der Waals surface area contributed by atoms with E-state index < -0.39 is 17.7 Å². The number of carboxylic acids is 1. The Kier molecular flexibility index (Phi) is 6.69. The number of carboxylic acid groups (broad SMARTS) is 1. The summed E-state index contributed by atoms with van der Waals surface area (Å²) in [7, 11) is 0. The molecule has 0 amide bonds. The van der Waals surface area contributed by atoms with E-state index in [4.69, 9.17) is 9.47 Å². The lowest BCUT2D eigenvalue weighted by Gasteiger charge is -2.38. The molecule has 0 spiro atoms. The Balaban J connectivity index is 1.40. The third kappa shape index (κ3) is 5.34. The summed E-state index contributed by atoms with van der Waals surface area (Å²) in [6.45, 7) is 3.32. The van der Waals surface area contributed by atoms with Gasteiger partial charge < -0.3 is 14.6 Å². The van der Waals surface area contributed by atoms with Crippen molar-refractivity contribution in [2.75, 3.05) is 26.2 Å². The monoisotopic (exact) mass is 509 g/mol. The minimum atomic E-state index is -4.46. The van der Waals surface area contributed by atoms with Crippen LogP contribution in [0.3, 0.4) is 0 Å². The molecule has 8 heteroatoms. The van der Waals surface area contributed by atoms with Crippen molar-refractivity contribution in [1.82, 2.24) is 4.90 Å². The highest BCUT2D eigenvalue weighted by Gasteiger charge is 2.35. The fraction of sp³-hybridized carbons (Fsp3) is 0.276. The number of halogens is 3. The molecule has 0 saturated carbocycles. The smallest absolute Gasteiger partial charge is 0.416 e. The average Bonchev–Trinajstić information content (AvgIpc) is 2.84. The Morgan fingerprint density at radius 3 is 2.54 bits per heavy atom. The Hall–Kier alpha value is -3.78. The second kappa shape index (κ2) is 9.94. The van der Waals surface area contributed by atoms with Gasteiger partial charge in [-0.15, -0.1) is 0 Å². The Morgan fingerprint density at radius 2 is 1.84 bits per heavy atom. The van der Waals surface area contributed by atoms with Gasteiger partial charge in [0.2, 0.25) is 0 Å². The van der Waals surface area contributed by atoms with Gasteiger partial charge in [0.15, 0.2) is 0 Å². The molecule has 0 radical (unpaired) electrons. The van der Waals surface area contributed by atoms with Crippen molar-refractivity contribution < 1.29 is 32.5 Å². The molecule has 1 N–H and O–H groups in total. The summed E-state index contributed by atoms with van der Waals surface area (Å²) < 4.78 is 52.3. The lowest BCUT2D eigenvalue weighted by atomic mass is 9.89. The molecule has 0 atom stereocenters. The number of fused-ring (bicyclic) bond motifs is 1. The fourth-order valence-electron chi connectivity index (χ4n) is 4.80. The predicted octanol–water partition coefficient (Wildman–Crippen LogP) is 5.80. The van der Waals surface area contributed by atoms with Crippen molar-refractivity contribution in [3.05, 3.63) is 100 Å². The predicted molar refractivity (Wildman–Crippen MR) is 132 cm³/mol. The maximum atomic E-state index is 13.5. The molecule has 0 aliphatic carbocycles. The molecule has 192 valence electrons. The first kappa shape index (κ1) is 24.9. The third-order valence-corrected chi connectivity index (χ3v) is 6.73. The fourth-order valence-corrected chi connectivity index (χ4v) is 4.80. The van der Waals surface area contributed by atoms with Crippen LogP contribution in [0.25, 0.3) is 5.57 Å². The minimum Gasteiger partial charge on any atom is -0.489 e. The van der Waals surface area contributed by atoms with E-state index >= 15 is 0 Å². The SMILES string of the molecule is Cc1ccc(COc2ccc3c(c2)OCC(CN2CC(C(=O)O)C2)=C3c2ccccc2)c(C(F)(F)F)c1. The van der Waals surface area contributed by atoms with Crippen molar-refractivity contribution in [2.45, 2.75) is 19.7 Å². The lowest BCUT2D eigenvalue weighted by Crippen LogP contribution is -2.51. The highest BCUT2D eigenvalue weighted by atomic mass is 19.4. The number of hydrogen-bond donors (Lipinski definition) is 1. The maximum absolute atomic E-state index is 13.5. The molecule has 0 bridgehead atoms. The Labute approximate surface area is 212 Å². The van der Waals surface area contributed by atoms with Crippen LogP contribution in [-0.2, 0) is 17.6 Å². The van der Waals surface area contributed by atoms with E-state index in [1.54, 1.807) is 25.1 Å². The summed E-state index contributed by atoms with van der Waals surface area (Å²) in [6.07, 6.45) is -4.46. The van der Waals surface area contributed by atoms with Gasteiger partial charge in [-0.1, -0.05) is 48.0 Å². The zero-order chi connectivity index (χ0) is 26.2. The third-order valence-electron chi connectivity index (χ3n) is 6.73. The molecular weight excluding hydrogens is 483 g/mol. The number of rotatable bonds is 7. The molecule has 5 rings (SSSR count). The number of nitrogens with zero attached hydrogens (tertiary/aromatic N) is 1. The van der Waals surface area contributed by atoms with Gasteiger partial charge >= 0.3 is 12.1 Å². The molecular formula is C29H26F3NO4. The van der Waals surface area contributed by atoms with Gasteiger partial charge in [0.1, 0.15) is 24.7 Å². The van der Waals surface area contributed by atoms with Gasteiger partial charge in [-0.3, -0.25) is 9.69 Å². The van der Waals surface area contributed by atoms with Gasteiger partial charge in [-0.2, -0.15) is 13.2 Å². The molecule has 2 aliphatic heterocycles. The van der Waals surface area contributed by atoms with Crippen molar-refractivity contribution >= 4 is 11.5 Å². The van der Waals surface area contributed by atoms with Crippen LogP contribution >= 0.6 is 0 Å². The summed E-state index contributed by atoms with van der Waals surface area (Å²) in [6, 6.07) is 19.4. The standard InChI is InChI=1S/C29H26F3NO4/c1-18-7-8-20(25(11-18)29(30,31)32)16-36-23-9-10-24-26(12-23)37-17-22(15-33-13-21(14-33)28(34)35)27(24)19-5-3-2-4-6-19/h2-12,21H,13-17H2,1H3,(H,34,35). The van der Waals surface area contributed by atoms with Gasteiger partial charge in [-0.05, 0) is 41.8 Å². The highest BCUT2D eigenvalue weighted by molar-refractivity contribution is 5.86. The zero-order valence-electron chi connectivity index (χ0n) is 20.2. The number of hydrogen-bond acceptors (Lipinski definition) is 4. The minimum absolute atomic E-state index is 0.0677. The van der Waals surface area contributed by atoms with E-state index in [1.807, 2.05) is 36.4 Å². The van der Waals surface area contributed by atoms with E-state index in [9.17, 15) is 23.1 Å². The van der Waals surface area contributed by atoms with Crippen LogP contribution in [0.1, 0.15) is 27.8 Å². The molecule has 5 nitrogen and oxygen atoms in total. The molecule has 37 heavy (non-hydrogen) atoms. The van der Waals surface area contributed by atoms with Crippen LogP contribution < -0.4 is 9.47 Å². The topological polar surface area (TPSA) is 59.0 Å². The van der Waals surface area contributed by atoms with Crippen LogP contribution in [0.4, 0.5) is 13.2 Å². The van der Waals surface area contributed by atoms with Crippen LogP contribution in [0.5, 0.6) is 11.5 Å². The molecule has 3 aromatic carbocycles. The number of likely N-dealkylation sites (tertiary alicyclic amines) is 1. The summed E-state index contributed by atoms with van der Waals surface area (Å²) in [5, 5.41) is 9.20. The molecule has 0 aromatic heterocycles. The van der Waals surface area contributed by atoms with E-state index in [0.717, 1.165) is 28.3 Å². The van der Waals surface area contributed by atoms with Crippen LogP contribution in [0, 0.1) is 12.8 Å². The van der Waals surface area contributed by atoms with Gasteiger partial charge in [0.05, 0.1) is 11.5 Å². The number of benzene rings is 3. The van der Waals surface area contributed by atoms with Crippen molar-refractivity contribution in [2.24, 2.45) is 5.92 Å². The first-order valence-electron chi connectivity index (χ1n) is 12.0. The lowest BCUT2D eigenvalue weighted by molar-refractivity contribution is -0.147. The zero-order valence-corrected chi connectivity index (χ0v) is 20.2. The average molecular weight is 510 g/mol. The summed E-state index contributed by atoms with van der Waals surface area (Å²) in [5.74, 6) is -0.120. The first-order valence-corrected chi connectivity index (χ1v) is 12.0. The van der Waals surface area contributed by atoms with Crippen molar-refractivity contribution in [1.29, 1.82) is 0 Å². The Morgan fingerprint density at radius 1 is 1.08 bits per heavy atom. The van der Waals surface area contributed by atoms with Crippen LogP contribution in [-0.4, -0.2) is 42.2 Å². The Bertz CT molecular complexity index is 1350. The molecule has 2 heterocycles. The number of ether oxygens (including phenoxy) is 2. The molecule has 0 unspecified atom stereocenters. The summed E-state index contributed by atoms with van der Waals surface area (Å²) in [4.78, 5) is 13.3. The second-order valence-electron chi connectivity index (χ2n) is 9.47. The quantitative estimate of drug-likeness (QED) is 0.436. The van der Waals surface area contributed by atoms with E-state index in [0.29, 0.717) is 43.3 Å². The van der Waals surface area contributed by atoms with Crippen molar-refractivity contribution in [3.8, 4) is 11.5 Å². The molecule has 2 aliphatic rings. The number of aryl methyl sites for hydroxylation is 1. The number of aliphatic carboxylic acids is 1. The first-order chi connectivity index (χ1) is 17.7. The van der Waals surface area contributed by atoms with Crippen LogP contribution in [0.2, 0.25) is 0 Å².